The maximum absolute atomic E-state index is 13.5. The Morgan fingerprint density at radius 1 is 0.853 bits per heavy atom. The zero-order chi connectivity index (χ0) is 24.3. The van der Waals surface area contributed by atoms with Gasteiger partial charge in [0.05, 0.1) is 0 Å². The Kier molecular flexibility index (Phi) is 5.99. The van der Waals surface area contributed by atoms with Crippen LogP contribution in [0.4, 0.5) is 0 Å². The summed E-state index contributed by atoms with van der Waals surface area (Å²) in [4.78, 5) is 13.5. The lowest BCUT2D eigenvalue weighted by Gasteiger charge is -2.43. The highest BCUT2D eigenvalue weighted by Gasteiger charge is 2.59. The first-order chi connectivity index (χ1) is 16.1. The fourth-order valence-corrected chi connectivity index (χ4v) is 7.01. The fraction of sp³-hybridized carbons (Fsp3) is 0.345. The van der Waals surface area contributed by atoms with Crippen LogP contribution >= 0.6 is 34.8 Å². The first-order valence-corrected chi connectivity index (χ1v) is 12.9. The zero-order valence-corrected chi connectivity index (χ0v) is 21.9. The molecule has 2 bridgehead atoms. The molecule has 2 nitrogen and oxygen atoms in total. The van der Waals surface area contributed by atoms with E-state index in [1.165, 1.54) is 19.3 Å². The van der Waals surface area contributed by atoms with Crippen molar-refractivity contribution in [2.45, 2.75) is 46.1 Å². The standard InChI is InChI=1S/C29H28Cl3NO/c1-28(2)19-12-13-29(3,16-19)27(28)33-26(34)18-6-10-22(17-4-7-20(30)8-5-17)24(14-18)23-11-9-21(31)15-25(23)32/h4-11,14-15,19,27H,12-13,16H2,1-3H3,(H,33,34). The van der Waals surface area contributed by atoms with Gasteiger partial charge in [0.25, 0.3) is 5.91 Å². The number of amides is 1. The van der Waals surface area contributed by atoms with Crippen molar-refractivity contribution < 1.29 is 4.79 Å². The van der Waals surface area contributed by atoms with Crippen LogP contribution in [0.5, 0.6) is 0 Å². The summed E-state index contributed by atoms with van der Waals surface area (Å²) in [6.07, 6.45) is 3.62. The Morgan fingerprint density at radius 2 is 1.53 bits per heavy atom. The van der Waals surface area contributed by atoms with Crippen LogP contribution in [-0.2, 0) is 0 Å². The van der Waals surface area contributed by atoms with Gasteiger partial charge in [-0.15, -0.1) is 0 Å². The number of rotatable bonds is 4. The number of hydrogen-bond acceptors (Lipinski definition) is 1. The second kappa shape index (κ2) is 8.59. The van der Waals surface area contributed by atoms with E-state index in [-0.39, 0.29) is 22.8 Å². The number of benzene rings is 3. The third-order valence-electron chi connectivity index (χ3n) is 8.20. The highest BCUT2D eigenvalue weighted by Crippen LogP contribution is 2.62. The Bertz CT molecular complexity index is 1260. The third kappa shape index (κ3) is 4.04. The molecule has 0 heterocycles. The van der Waals surface area contributed by atoms with Crippen LogP contribution in [-0.4, -0.2) is 11.9 Å². The van der Waals surface area contributed by atoms with Crippen molar-refractivity contribution in [2.75, 3.05) is 0 Å². The normalized spacial score (nSPS) is 24.9. The molecule has 34 heavy (non-hydrogen) atoms. The second-order valence-corrected chi connectivity index (χ2v) is 12.0. The van der Waals surface area contributed by atoms with Gasteiger partial charge in [-0.25, -0.2) is 0 Å². The van der Waals surface area contributed by atoms with Crippen LogP contribution in [0.3, 0.4) is 0 Å². The SMILES string of the molecule is CC12CCC(C1)C(C)(C)C2NC(=O)c1ccc(-c2ccc(Cl)cc2)c(-c2ccc(Cl)cc2Cl)c1. The van der Waals surface area contributed by atoms with Gasteiger partial charge in [-0.1, -0.05) is 79.8 Å². The first-order valence-electron chi connectivity index (χ1n) is 11.7. The molecule has 176 valence electrons. The number of hydrogen-bond donors (Lipinski definition) is 1. The van der Waals surface area contributed by atoms with Gasteiger partial charge in [-0.05, 0) is 89.1 Å². The van der Waals surface area contributed by atoms with E-state index in [0.29, 0.717) is 26.5 Å². The molecule has 2 aliphatic carbocycles. The van der Waals surface area contributed by atoms with Gasteiger partial charge in [0.15, 0.2) is 0 Å². The fourth-order valence-electron chi connectivity index (χ4n) is 6.37. The van der Waals surface area contributed by atoms with Crippen LogP contribution in [0, 0.1) is 16.7 Å². The van der Waals surface area contributed by atoms with Gasteiger partial charge in [-0.2, -0.15) is 0 Å². The van der Waals surface area contributed by atoms with Crippen LogP contribution < -0.4 is 5.32 Å². The van der Waals surface area contributed by atoms with Gasteiger partial charge in [-0.3, -0.25) is 4.79 Å². The van der Waals surface area contributed by atoms with Crippen LogP contribution in [0.1, 0.15) is 50.4 Å². The van der Waals surface area contributed by atoms with Crippen molar-refractivity contribution in [2.24, 2.45) is 16.7 Å². The second-order valence-electron chi connectivity index (χ2n) is 10.7. The van der Waals surface area contributed by atoms with E-state index in [1.807, 2.05) is 54.6 Å². The molecule has 0 saturated heterocycles. The molecule has 5 heteroatoms. The van der Waals surface area contributed by atoms with Gasteiger partial charge in [0.2, 0.25) is 0 Å². The smallest absolute Gasteiger partial charge is 0.251 e. The molecule has 1 N–H and O–H groups in total. The quantitative estimate of drug-likeness (QED) is 0.371. The molecule has 0 aliphatic heterocycles. The summed E-state index contributed by atoms with van der Waals surface area (Å²) in [5.74, 6) is 0.624. The zero-order valence-electron chi connectivity index (χ0n) is 19.6. The Morgan fingerprint density at radius 3 is 2.18 bits per heavy atom. The highest BCUT2D eigenvalue weighted by molar-refractivity contribution is 6.36. The maximum Gasteiger partial charge on any atom is 0.251 e. The maximum atomic E-state index is 13.5. The van der Waals surface area contributed by atoms with Gasteiger partial charge in [0, 0.05) is 32.2 Å². The van der Waals surface area contributed by atoms with Crippen molar-refractivity contribution in [1.82, 2.24) is 5.32 Å². The Labute approximate surface area is 216 Å². The van der Waals surface area contributed by atoms with E-state index in [2.05, 4.69) is 26.1 Å². The molecule has 3 aromatic carbocycles. The summed E-state index contributed by atoms with van der Waals surface area (Å²) in [6, 6.07) is 19.1. The predicted molar refractivity (Wildman–Crippen MR) is 143 cm³/mol. The molecule has 3 unspecified atom stereocenters. The Hall–Kier alpha value is -2.00. The Balaban J connectivity index is 1.55. The number of fused-ring (bicyclic) bond motifs is 2. The molecular formula is C29H28Cl3NO. The highest BCUT2D eigenvalue weighted by atomic mass is 35.5. The van der Waals surface area contributed by atoms with E-state index < -0.39 is 0 Å². The molecule has 0 radical (unpaired) electrons. The monoisotopic (exact) mass is 511 g/mol. The lowest BCUT2D eigenvalue weighted by molar-refractivity contribution is 0.0737. The molecule has 2 saturated carbocycles. The van der Waals surface area contributed by atoms with Gasteiger partial charge < -0.3 is 5.32 Å². The summed E-state index contributed by atoms with van der Waals surface area (Å²) < 4.78 is 0. The molecule has 0 spiro atoms. The molecule has 3 atom stereocenters. The van der Waals surface area contributed by atoms with E-state index in [1.54, 1.807) is 6.07 Å². The van der Waals surface area contributed by atoms with E-state index in [0.717, 1.165) is 22.3 Å². The molecule has 1 amide bonds. The summed E-state index contributed by atoms with van der Waals surface area (Å²) in [5.41, 5.74) is 4.57. The van der Waals surface area contributed by atoms with Crippen molar-refractivity contribution in [3.63, 3.8) is 0 Å². The summed E-state index contributed by atoms with van der Waals surface area (Å²) >= 11 is 18.9. The van der Waals surface area contributed by atoms with Gasteiger partial charge >= 0.3 is 0 Å². The molecule has 5 rings (SSSR count). The lowest BCUT2D eigenvalue weighted by atomic mass is 9.68. The summed E-state index contributed by atoms with van der Waals surface area (Å²) in [7, 11) is 0. The third-order valence-corrected chi connectivity index (χ3v) is 9.00. The molecule has 2 fully saturated rings. The summed E-state index contributed by atoms with van der Waals surface area (Å²) in [6.45, 7) is 6.93. The van der Waals surface area contributed by atoms with Gasteiger partial charge in [0.1, 0.15) is 0 Å². The molecular weight excluding hydrogens is 485 g/mol. The lowest BCUT2D eigenvalue weighted by Crippen LogP contribution is -2.52. The number of carbonyl (C=O) groups is 1. The van der Waals surface area contributed by atoms with Crippen LogP contribution in [0.15, 0.2) is 60.7 Å². The summed E-state index contributed by atoms with van der Waals surface area (Å²) in [5, 5.41) is 5.21. The van der Waals surface area contributed by atoms with Crippen LogP contribution in [0.25, 0.3) is 22.3 Å². The largest absolute Gasteiger partial charge is 0.348 e. The van der Waals surface area contributed by atoms with E-state index in [4.69, 9.17) is 34.8 Å². The van der Waals surface area contributed by atoms with Crippen molar-refractivity contribution in [3.05, 3.63) is 81.3 Å². The topological polar surface area (TPSA) is 29.1 Å². The minimum atomic E-state index is -0.0409. The average molecular weight is 513 g/mol. The van der Waals surface area contributed by atoms with Crippen molar-refractivity contribution in [1.29, 1.82) is 0 Å². The number of carbonyl (C=O) groups excluding carboxylic acids is 1. The minimum Gasteiger partial charge on any atom is -0.348 e. The van der Waals surface area contributed by atoms with E-state index >= 15 is 0 Å². The molecule has 0 aromatic heterocycles. The number of nitrogens with one attached hydrogen (secondary N) is 1. The van der Waals surface area contributed by atoms with Crippen LogP contribution in [0.2, 0.25) is 15.1 Å². The predicted octanol–water partition coefficient (Wildman–Crippen LogP) is 8.93. The minimum absolute atomic E-state index is 0.0409. The number of halogens is 3. The first kappa shape index (κ1) is 23.7. The van der Waals surface area contributed by atoms with Crippen molar-refractivity contribution >= 4 is 40.7 Å². The average Bonchev–Trinajstić information content (AvgIpc) is 3.28. The van der Waals surface area contributed by atoms with Crippen molar-refractivity contribution in [3.8, 4) is 22.3 Å². The molecule has 3 aromatic rings. The molecule has 2 aliphatic rings. The van der Waals surface area contributed by atoms with E-state index in [9.17, 15) is 4.79 Å².